The number of ketones is 1. The van der Waals surface area contributed by atoms with Gasteiger partial charge in [-0.25, -0.2) is 8.42 Å². The second-order valence-electron chi connectivity index (χ2n) is 6.43. The highest BCUT2D eigenvalue weighted by Gasteiger charge is 2.24. The third-order valence-electron chi connectivity index (χ3n) is 4.33. The number of fused-ring (bicyclic) bond motifs is 1. The molecule has 0 radical (unpaired) electrons. The van der Waals surface area contributed by atoms with Crippen LogP contribution in [0.15, 0.2) is 45.7 Å². The summed E-state index contributed by atoms with van der Waals surface area (Å²) in [5, 5.41) is 11.0. The van der Waals surface area contributed by atoms with Crippen LogP contribution in [0.2, 0.25) is 5.02 Å². The number of furan rings is 1. The molecule has 0 saturated heterocycles. The van der Waals surface area contributed by atoms with Crippen LogP contribution >= 0.6 is 11.6 Å². The van der Waals surface area contributed by atoms with E-state index in [1.54, 1.807) is 18.2 Å². The lowest BCUT2D eigenvalue weighted by molar-refractivity contribution is 0.103. The number of phenols is 1. The van der Waals surface area contributed by atoms with E-state index < -0.39 is 9.84 Å². The molecule has 3 rings (SSSR count). The van der Waals surface area contributed by atoms with Crippen LogP contribution in [0.4, 0.5) is 0 Å². The van der Waals surface area contributed by atoms with Crippen LogP contribution in [0.25, 0.3) is 11.0 Å². The average molecular weight is 407 g/mol. The number of sulfone groups is 1. The maximum absolute atomic E-state index is 13.2. The maximum Gasteiger partial charge on any atom is 0.197 e. The van der Waals surface area contributed by atoms with Gasteiger partial charge in [-0.15, -0.1) is 0 Å². The van der Waals surface area contributed by atoms with E-state index in [-0.39, 0.29) is 22.0 Å². The average Bonchev–Trinajstić information content (AvgIpc) is 2.95. The molecule has 0 spiro atoms. The number of aryl methyl sites for hydroxylation is 1. The van der Waals surface area contributed by atoms with Crippen molar-refractivity contribution in [3.05, 3.63) is 58.3 Å². The molecule has 0 fully saturated rings. The van der Waals surface area contributed by atoms with Gasteiger partial charge in [0.25, 0.3) is 0 Å². The molecule has 1 aromatic heterocycles. The van der Waals surface area contributed by atoms with Gasteiger partial charge >= 0.3 is 0 Å². The molecule has 142 valence electrons. The lowest BCUT2D eigenvalue weighted by atomic mass is 9.98. The first-order valence-electron chi connectivity index (χ1n) is 8.51. The summed E-state index contributed by atoms with van der Waals surface area (Å²) in [6.45, 7) is 2.04. The largest absolute Gasteiger partial charge is 0.507 e. The van der Waals surface area contributed by atoms with Gasteiger partial charge in [0, 0.05) is 34.7 Å². The minimum atomic E-state index is -3.67. The summed E-state index contributed by atoms with van der Waals surface area (Å²) in [4.78, 5) is 12.9. The van der Waals surface area contributed by atoms with Crippen LogP contribution in [-0.2, 0) is 16.3 Å². The van der Waals surface area contributed by atoms with E-state index in [0.29, 0.717) is 33.7 Å². The molecule has 2 aromatic carbocycles. The molecule has 1 N–H and O–H groups in total. The van der Waals surface area contributed by atoms with Gasteiger partial charge in [0.1, 0.15) is 22.0 Å². The number of phenolic OH excluding ortho intramolecular Hbond substituents is 1. The molecule has 0 amide bonds. The Morgan fingerprint density at radius 1 is 1.19 bits per heavy atom. The molecule has 3 aromatic rings. The molecule has 1 heterocycles. The van der Waals surface area contributed by atoms with Gasteiger partial charge in [-0.1, -0.05) is 24.9 Å². The van der Waals surface area contributed by atoms with Gasteiger partial charge in [0.05, 0.1) is 5.56 Å². The van der Waals surface area contributed by atoms with Gasteiger partial charge in [-0.3, -0.25) is 4.79 Å². The van der Waals surface area contributed by atoms with Crippen LogP contribution in [0.1, 0.15) is 41.4 Å². The van der Waals surface area contributed by atoms with E-state index in [0.717, 1.165) is 19.1 Å². The van der Waals surface area contributed by atoms with Gasteiger partial charge in [-0.2, -0.15) is 0 Å². The van der Waals surface area contributed by atoms with Crippen molar-refractivity contribution in [1.82, 2.24) is 0 Å². The fourth-order valence-corrected chi connectivity index (χ4v) is 3.93. The van der Waals surface area contributed by atoms with Crippen molar-refractivity contribution < 1.29 is 22.7 Å². The number of hydrogen-bond donors (Lipinski definition) is 1. The first-order valence-corrected chi connectivity index (χ1v) is 10.8. The number of carbonyl (C=O) groups excluding carboxylic acids is 1. The molecular weight excluding hydrogens is 388 g/mol. The van der Waals surface area contributed by atoms with Gasteiger partial charge in [0.15, 0.2) is 15.6 Å². The molecule has 0 unspecified atom stereocenters. The van der Waals surface area contributed by atoms with E-state index in [4.69, 9.17) is 16.0 Å². The number of unbranched alkanes of at least 4 members (excludes halogenated alkanes) is 1. The summed E-state index contributed by atoms with van der Waals surface area (Å²) in [5.41, 5.74) is 1.09. The quantitative estimate of drug-likeness (QED) is 0.596. The Morgan fingerprint density at radius 2 is 1.93 bits per heavy atom. The van der Waals surface area contributed by atoms with E-state index in [1.807, 2.05) is 6.92 Å². The fourth-order valence-electron chi connectivity index (χ4n) is 2.98. The number of carbonyl (C=O) groups is 1. The standard InChI is InChI=1S/C20H19ClO5S/c1-3-4-5-16-19(14-8-7-13(21)11-17(14)26-16)20(23)12-6-9-15(22)18(10-12)27(2,24)25/h6-11,22H,3-5H2,1-2H3. The minimum absolute atomic E-state index is 0.170. The first kappa shape index (κ1) is 19.5. The van der Waals surface area contributed by atoms with E-state index >= 15 is 0 Å². The van der Waals surface area contributed by atoms with Crippen molar-refractivity contribution in [2.45, 2.75) is 31.1 Å². The van der Waals surface area contributed by atoms with Crippen LogP contribution in [0, 0.1) is 0 Å². The molecule has 0 aliphatic rings. The third kappa shape index (κ3) is 3.87. The molecule has 0 aliphatic heterocycles. The predicted octanol–water partition coefficient (Wildman–Crippen LogP) is 4.77. The zero-order valence-electron chi connectivity index (χ0n) is 15.0. The zero-order chi connectivity index (χ0) is 19.8. The summed E-state index contributed by atoms with van der Waals surface area (Å²) >= 11 is 6.03. The molecule has 7 heteroatoms. The lowest BCUT2D eigenvalue weighted by Gasteiger charge is -2.07. The van der Waals surface area contributed by atoms with Crippen LogP contribution in [-0.4, -0.2) is 25.6 Å². The van der Waals surface area contributed by atoms with Crippen LogP contribution < -0.4 is 0 Å². The number of rotatable bonds is 6. The number of aromatic hydroxyl groups is 1. The second-order valence-corrected chi connectivity index (χ2v) is 8.85. The highest BCUT2D eigenvalue weighted by atomic mass is 35.5. The molecule has 0 bridgehead atoms. The summed E-state index contributed by atoms with van der Waals surface area (Å²) in [6.07, 6.45) is 3.35. The fraction of sp³-hybridized carbons (Fsp3) is 0.250. The Bertz CT molecular complexity index is 1130. The van der Waals surface area contributed by atoms with E-state index in [2.05, 4.69) is 0 Å². The Kier molecular flexibility index (Phi) is 5.31. The number of benzene rings is 2. The van der Waals surface area contributed by atoms with Crippen molar-refractivity contribution >= 4 is 38.2 Å². The molecule has 27 heavy (non-hydrogen) atoms. The van der Waals surface area contributed by atoms with Crippen LogP contribution in [0.5, 0.6) is 5.75 Å². The van der Waals surface area contributed by atoms with Crippen molar-refractivity contribution in [2.24, 2.45) is 0 Å². The number of hydrogen-bond acceptors (Lipinski definition) is 5. The van der Waals surface area contributed by atoms with E-state index in [9.17, 15) is 18.3 Å². The predicted molar refractivity (Wildman–Crippen MR) is 104 cm³/mol. The van der Waals surface area contributed by atoms with Crippen LogP contribution in [0.3, 0.4) is 0 Å². The van der Waals surface area contributed by atoms with Crippen molar-refractivity contribution in [1.29, 1.82) is 0 Å². The first-order chi connectivity index (χ1) is 12.7. The zero-order valence-corrected chi connectivity index (χ0v) is 16.5. The normalized spacial score (nSPS) is 11.8. The topological polar surface area (TPSA) is 84.6 Å². The Labute approximate surface area is 162 Å². The molecular formula is C20H19ClO5S. The highest BCUT2D eigenvalue weighted by molar-refractivity contribution is 7.90. The lowest BCUT2D eigenvalue weighted by Crippen LogP contribution is -2.06. The number of halogens is 1. The van der Waals surface area contributed by atoms with Crippen molar-refractivity contribution in [2.75, 3.05) is 6.26 Å². The van der Waals surface area contributed by atoms with E-state index in [1.165, 1.54) is 18.2 Å². The van der Waals surface area contributed by atoms with Gasteiger partial charge in [-0.05, 0) is 36.8 Å². The smallest absolute Gasteiger partial charge is 0.197 e. The summed E-state index contributed by atoms with van der Waals surface area (Å²) in [7, 11) is -3.67. The summed E-state index contributed by atoms with van der Waals surface area (Å²) < 4.78 is 29.6. The Hall–Kier alpha value is -2.31. The molecule has 0 saturated carbocycles. The molecule has 5 nitrogen and oxygen atoms in total. The minimum Gasteiger partial charge on any atom is -0.507 e. The molecule has 0 aliphatic carbocycles. The Morgan fingerprint density at radius 3 is 2.59 bits per heavy atom. The van der Waals surface area contributed by atoms with Gasteiger partial charge in [0.2, 0.25) is 0 Å². The van der Waals surface area contributed by atoms with Crippen molar-refractivity contribution in [3.63, 3.8) is 0 Å². The Balaban J connectivity index is 2.18. The third-order valence-corrected chi connectivity index (χ3v) is 5.69. The maximum atomic E-state index is 13.2. The van der Waals surface area contributed by atoms with Crippen molar-refractivity contribution in [3.8, 4) is 5.75 Å². The second kappa shape index (κ2) is 7.37. The monoisotopic (exact) mass is 406 g/mol. The summed E-state index contributed by atoms with van der Waals surface area (Å²) in [6, 6.07) is 8.88. The SMILES string of the molecule is CCCCc1oc2cc(Cl)ccc2c1C(=O)c1ccc(O)c(S(C)(=O)=O)c1. The van der Waals surface area contributed by atoms with Gasteiger partial charge < -0.3 is 9.52 Å². The highest BCUT2D eigenvalue weighted by Crippen LogP contribution is 2.32. The summed E-state index contributed by atoms with van der Waals surface area (Å²) in [5.74, 6) is -0.190. The molecule has 0 atom stereocenters.